The zero-order chi connectivity index (χ0) is 8.93. The second-order valence-corrected chi connectivity index (χ2v) is 3.19. The summed E-state index contributed by atoms with van der Waals surface area (Å²) in [5.74, 6) is 0. The molecule has 1 saturated heterocycles. The number of hydrogen-bond donors (Lipinski definition) is 0. The van der Waals surface area contributed by atoms with Gasteiger partial charge in [0.15, 0.2) is 0 Å². The minimum Gasteiger partial charge on any atom is -0.278 e. The lowest BCUT2D eigenvalue weighted by Gasteiger charge is -2.06. The van der Waals surface area contributed by atoms with Gasteiger partial charge in [0.25, 0.3) is 0 Å². The van der Waals surface area contributed by atoms with Crippen LogP contribution in [-0.2, 0) is 0 Å². The van der Waals surface area contributed by atoms with Crippen LogP contribution in [0, 0.1) is 0 Å². The topological polar surface area (TPSA) is 28.0 Å². The molecule has 0 radical (unpaired) electrons. The van der Waals surface area contributed by atoms with Crippen molar-refractivity contribution in [2.75, 3.05) is 13.1 Å². The third-order valence-corrected chi connectivity index (χ3v) is 2.13. The minimum absolute atomic E-state index is 0.925. The Morgan fingerprint density at radius 3 is 2.38 bits per heavy atom. The Morgan fingerprint density at radius 1 is 1.00 bits per heavy atom. The van der Waals surface area contributed by atoms with Crippen LogP contribution in [0.2, 0.25) is 0 Å². The average Bonchev–Trinajstić information content (AvgIpc) is 2.69. The third kappa shape index (κ3) is 2.28. The molecule has 1 fully saturated rings. The Balaban J connectivity index is 1.97. The molecule has 0 amide bonds. The monoisotopic (exact) mass is 175 g/mol. The zero-order valence-electron chi connectivity index (χ0n) is 7.56. The summed E-state index contributed by atoms with van der Waals surface area (Å²) in [4.78, 5) is 0. The van der Waals surface area contributed by atoms with Crippen LogP contribution in [0.25, 0.3) is 0 Å². The highest BCUT2D eigenvalue weighted by molar-refractivity contribution is 5.34. The van der Waals surface area contributed by atoms with E-state index in [1.165, 1.54) is 12.8 Å². The molecular formula is C10H13N3. The lowest BCUT2D eigenvalue weighted by atomic mass is 10.3. The van der Waals surface area contributed by atoms with Crippen molar-refractivity contribution in [3.8, 4) is 0 Å². The molecule has 0 aromatic heterocycles. The van der Waals surface area contributed by atoms with E-state index in [1.807, 2.05) is 35.3 Å². The van der Waals surface area contributed by atoms with Crippen LogP contribution in [-0.4, -0.2) is 18.1 Å². The highest BCUT2D eigenvalue weighted by Gasteiger charge is 2.07. The molecule has 68 valence electrons. The van der Waals surface area contributed by atoms with E-state index in [9.17, 15) is 0 Å². The Bertz CT molecular complexity index is 275. The van der Waals surface area contributed by atoms with Gasteiger partial charge in [-0.05, 0) is 25.0 Å². The lowest BCUT2D eigenvalue weighted by molar-refractivity contribution is 0.336. The summed E-state index contributed by atoms with van der Waals surface area (Å²) < 4.78 is 0. The second kappa shape index (κ2) is 4.03. The van der Waals surface area contributed by atoms with Gasteiger partial charge in [-0.3, -0.25) is 5.01 Å². The summed E-state index contributed by atoms with van der Waals surface area (Å²) in [7, 11) is 0. The number of nitrogens with zero attached hydrogens (tertiary/aromatic N) is 3. The normalized spacial score (nSPS) is 17.1. The van der Waals surface area contributed by atoms with Gasteiger partial charge in [-0.25, -0.2) is 0 Å². The van der Waals surface area contributed by atoms with E-state index in [4.69, 9.17) is 0 Å². The standard InChI is InChI=1S/C10H13N3/c1-2-6-10(7-3-1)11-12-13-8-4-5-9-13/h1-3,6-7H,4-5,8-9H2. The van der Waals surface area contributed by atoms with Crippen LogP contribution in [0.15, 0.2) is 40.7 Å². The smallest absolute Gasteiger partial charge is 0.0874 e. The highest BCUT2D eigenvalue weighted by Crippen LogP contribution is 2.13. The fourth-order valence-electron chi connectivity index (χ4n) is 1.40. The largest absolute Gasteiger partial charge is 0.278 e. The van der Waals surface area contributed by atoms with Crippen LogP contribution in [0.5, 0.6) is 0 Å². The van der Waals surface area contributed by atoms with Crippen molar-refractivity contribution in [2.24, 2.45) is 10.3 Å². The van der Waals surface area contributed by atoms with E-state index in [1.54, 1.807) is 0 Å². The van der Waals surface area contributed by atoms with Gasteiger partial charge >= 0.3 is 0 Å². The molecule has 1 aliphatic rings. The molecule has 0 spiro atoms. The molecule has 3 heteroatoms. The minimum atomic E-state index is 0.925. The molecular weight excluding hydrogens is 162 g/mol. The van der Waals surface area contributed by atoms with Crippen LogP contribution in [0.3, 0.4) is 0 Å². The van der Waals surface area contributed by atoms with Gasteiger partial charge < -0.3 is 0 Å². The summed E-state index contributed by atoms with van der Waals surface area (Å²) in [6.07, 6.45) is 2.49. The molecule has 1 aromatic rings. The predicted molar refractivity (Wildman–Crippen MR) is 51.8 cm³/mol. The van der Waals surface area contributed by atoms with Crippen molar-refractivity contribution in [1.82, 2.24) is 5.01 Å². The predicted octanol–water partition coefficient (Wildman–Crippen LogP) is 2.78. The summed E-state index contributed by atoms with van der Waals surface area (Å²) in [5.41, 5.74) is 0.925. The van der Waals surface area contributed by atoms with E-state index < -0.39 is 0 Å². The van der Waals surface area contributed by atoms with Gasteiger partial charge in [0.2, 0.25) is 0 Å². The summed E-state index contributed by atoms with van der Waals surface area (Å²) in [6.45, 7) is 2.10. The number of hydrogen-bond acceptors (Lipinski definition) is 2. The first-order valence-electron chi connectivity index (χ1n) is 4.67. The SMILES string of the molecule is c1ccc(N=NN2CCCC2)cc1. The lowest BCUT2D eigenvalue weighted by Crippen LogP contribution is -2.09. The number of benzene rings is 1. The molecule has 0 N–H and O–H groups in total. The molecule has 13 heavy (non-hydrogen) atoms. The molecule has 2 rings (SSSR count). The van der Waals surface area contributed by atoms with Crippen molar-refractivity contribution in [2.45, 2.75) is 12.8 Å². The van der Waals surface area contributed by atoms with Crippen LogP contribution in [0.4, 0.5) is 5.69 Å². The van der Waals surface area contributed by atoms with E-state index in [2.05, 4.69) is 10.3 Å². The number of rotatable bonds is 2. The van der Waals surface area contributed by atoms with Gasteiger partial charge in [0, 0.05) is 13.1 Å². The molecule has 0 saturated carbocycles. The van der Waals surface area contributed by atoms with Gasteiger partial charge in [-0.15, -0.1) is 5.11 Å². The molecule has 0 bridgehead atoms. The molecule has 0 atom stereocenters. The van der Waals surface area contributed by atoms with Gasteiger partial charge in [0.1, 0.15) is 0 Å². The zero-order valence-corrected chi connectivity index (χ0v) is 7.56. The maximum atomic E-state index is 4.15. The van der Waals surface area contributed by atoms with Gasteiger partial charge in [-0.1, -0.05) is 23.4 Å². The van der Waals surface area contributed by atoms with E-state index >= 15 is 0 Å². The van der Waals surface area contributed by atoms with Crippen LogP contribution in [0.1, 0.15) is 12.8 Å². The third-order valence-electron chi connectivity index (χ3n) is 2.13. The van der Waals surface area contributed by atoms with Crippen LogP contribution < -0.4 is 0 Å². The highest BCUT2D eigenvalue weighted by atomic mass is 15.5. The van der Waals surface area contributed by atoms with Crippen molar-refractivity contribution < 1.29 is 0 Å². The first-order chi connectivity index (χ1) is 6.45. The maximum Gasteiger partial charge on any atom is 0.0874 e. The van der Waals surface area contributed by atoms with Crippen molar-refractivity contribution in [1.29, 1.82) is 0 Å². The fraction of sp³-hybridized carbons (Fsp3) is 0.400. The molecule has 0 unspecified atom stereocenters. The van der Waals surface area contributed by atoms with Crippen LogP contribution >= 0.6 is 0 Å². The van der Waals surface area contributed by atoms with Gasteiger partial charge in [0.05, 0.1) is 5.69 Å². The van der Waals surface area contributed by atoms with Gasteiger partial charge in [-0.2, -0.15) is 0 Å². The van der Waals surface area contributed by atoms with Crippen molar-refractivity contribution in [3.05, 3.63) is 30.3 Å². The summed E-state index contributed by atoms with van der Waals surface area (Å²) >= 11 is 0. The first-order valence-corrected chi connectivity index (χ1v) is 4.67. The first kappa shape index (κ1) is 8.23. The maximum absolute atomic E-state index is 4.15. The Kier molecular flexibility index (Phi) is 2.55. The Morgan fingerprint density at radius 2 is 1.69 bits per heavy atom. The van der Waals surface area contributed by atoms with E-state index in [0.717, 1.165) is 18.8 Å². The van der Waals surface area contributed by atoms with Crippen molar-refractivity contribution >= 4 is 5.69 Å². The fourth-order valence-corrected chi connectivity index (χ4v) is 1.40. The summed E-state index contributed by atoms with van der Waals surface area (Å²) in [5, 5.41) is 10.3. The molecule has 1 aromatic carbocycles. The quantitative estimate of drug-likeness (QED) is 0.635. The average molecular weight is 175 g/mol. The molecule has 1 heterocycles. The van der Waals surface area contributed by atoms with E-state index in [0.29, 0.717) is 0 Å². The molecule has 1 aliphatic heterocycles. The molecule has 0 aliphatic carbocycles. The van der Waals surface area contributed by atoms with E-state index in [-0.39, 0.29) is 0 Å². The molecule has 3 nitrogen and oxygen atoms in total. The summed E-state index contributed by atoms with van der Waals surface area (Å²) in [6, 6.07) is 9.84. The Hall–Kier alpha value is -1.38. The second-order valence-electron chi connectivity index (χ2n) is 3.19. The van der Waals surface area contributed by atoms with Crippen molar-refractivity contribution in [3.63, 3.8) is 0 Å². The Labute approximate surface area is 78.1 Å².